The summed E-state index contributed by atoms with van der Waals surface area (Å²) in [5.74, 6) is 2.88. The van der Waals surface area contributed by atoms with E-state index in [0.717, 1.165) is 55.0 Å². The topological polar surface area (TPSA) is 88.3 Å². The predicted molar refractivity (Wildman–Crippen MR) is 125 cm³/mol. The lowest BCUT2D eigenvalue weighted by Gasteiger charge is -2.40. The molecule has 8 nitrogen and oxygen atoms in total. The Kier molecular flexibility index (Phi) is 5.61. The Morgan fingerprint density at radius 2 is 1.94 bits per heavy atom. The number of ether oxygens (including phenoxy) is 1. The van der Waals surface area contributed by atoms with E-state index in [9.17, 15) is 5.11 Å². The van der Waals surface area contributed by atoms with Gasteiger partial charge in [-0.1, -0.05) is 0 Å². The Bertz CT molecular complexity index is 1120. The first-order chi connectivity index (χ1) is 15.5. The van der Waals surface area contributed by atoms with Gasteiger partial charge in [0.2, 0.25) is 0 Å². The van der Waals surface area contributed by atoms with Crippen LogP contribution in [0, 0.1) is 13.8 Å². The zero-order valence-electron chi connectivity index (χ0n) is 19.1. The molecule has 170 valence electrons. The van der Waals surface area contributed by atoms with Crippen LogP contribution in [0.5, 0.6) is 0 Å². The van der Waals surface area contributed by atoms with Crippen molar-refractivity contribution in [2.24, 2.45) is 0 Å². The summed E-state index contributed by atoms with van der Waals surface area (Å²) in [5, 5.41) is 19.0. The van der Waals surface area contributed by atoms with E-state index in [1.807, 2.05) is 30.8 Å². The van der Waals surface area contributed by atoms with Crippen molar-refractivity contribution in [3.8, 4) is 5.82 Å². The van der Waals surface area contributed by atoms with Crippen molar-refractivity contribution in [3.05, 3.63) is 41.3 Å². The van der Waals surface area contributed by atoms with E-state index in [2.05, 4.69) is 34.3 Å². The molecule has 1 atom stereocenters. The van der Waals surface area contributed by atoms with Crippen LogP contribution in [-0.4, -0.2) is 69.8 Å². The maximum atomic E-state index is 9.75. The number of aryl methyl sites for hydroxylation is 2. The summed E-state index contributed by atoms with van der Waals surface area (Å²) in [7, 11) is 0. The molecule has 0 amide bonds. The SMILES string of the molecule is Cc1nc(N2CCOC(C)(CO)C2)cc(-n2ncc3cc(C)c(C4CCNCC4)cc32)n1. The molecular weight excluding hydrogens is 404 g/mol. The second-order valence-electron chi connectivity index (χ2n) is 9.36. The number of benzene rings is 1. The minimum Gasteiger partial charge on any atom is -0.393 e. The van der Waals surface area contributed by atoms with Crippen LogP contribution in [0.3, 0.4) is 0 Å². The lowest BCUT2D eigenvalue weighted by molar-refractivity contribution is -0.0745. The molecule has 0 aliphatic carbocycles. The Hall–Kier alpha value is -2.55. The first-order valence-corrected chi connectivity index (χ1v) is 11.5. The molecule has 0 saturated carbocycles. The summed E-state index contributed by atoms with van der Waals surface area (Å²) >= 11 is 0. The summed E-state index contributed by atoms with van der Waals surface area (Å²) in [6.45, 7) is 10.0. The van der Waals surface area contributed by atoms with Gasteiger partial charge in [-0.05, 0) is 75.9 Å². The molecule has 0 radical (unpaired) electrons. The van der Waals surface area contributed by atoms with Crippen molar-refractivity contribution in [3.63, 3.8) is 0 Å². The molecular formula is C24H32N6O2. The average molecular weight is 437 g/mol. The van der Waals surface area contributed by atoms with Crippen LogP contribution < -0.4 is 10.2 Å². The highest BCUT2D eigenvalue weighted by Gasteiger charge is 2.32. The number of rotatable bonds is 4. The van der Waals surface area contributed by atoms with Gasteiger partial charge < -0.3 is 20.1 Å². The Labute approximate surface area is 188 Å². The highest BCUT2D eigenvalue weighted by molar-refractivity contribution is 5.82. The second-order valence-corrected chi connectivity index (χ2v) is 9.36. The van der Waals surface area contributed by atoms with Crippen LogP contribution in [0.25, 0.3) is 16.7 Å². The summed E-state index contributed by atoms with van der Waals surface area (Å²) in [5.41, 5.74) is 3.24. The van der Waals surface area contributed by atoms with E-state index in [-0.39, 0.29) is 6.61 Å². The molecule has 0 spiro atoms. The molecule has 8 heteroatoms. The molecule has 4 heterocycles. The van der Waals surface area contributed by atoms with Gasteiger partial charge in [-0.25, -0.2) is 14.6 Å². The Balaban J connectivity index is 1.54. The molecule has 2 aromatic heterocycles. The fraction of sp³-hybridized carbons (Fsp3) is 0.542. The van der Waals surface area contributed by atoms with Crippen LogP contribution in [0.15, 0.2) is 24.4 Å². The number of nitrogens with zero attached hydrogens (tertiary/aromatic N) is 5. The van der Waals surface area contributed by atoms with Crippen LogP contribution in [0.4, 0.5) is 5.82 Å². The monoisotopic (exact) mass is 436 g/mol. The van der Waals surface area contributed by atoms with Crippen molar-refractivity contribution in [1.29, 1.82) is 0 Å². The van der Waals surface area contributed by atoms with Crippen molar-refractivity contribution in [2.75, 3.05) is 44.3 Å². The number of morpholine rings is 1. The van der Waals surface area contributed by atoms with E-state index >= 15 is 0 Å². The lowest BCUT2D eigenvalue weighted by atomic mass is 9.87. The fourth-order valence-electron chi connectivity index (χ4n) is 4.99. The zero-order valence-corrected chi connectivity index (χ0v) is 19.1. The third-order valence-electron chi connectivity index (χ3n) is 6.76. The molecule has 32 heavy (non-hydrogen) atoms. The van der Waals surface area contributed by atoms with E-state index in [1.54, 1.807) is 0 Å². The largest absolute Gasteiger partial charge is 0.393 e. The average Bonchev–Trinajstić information content (AvgIpc) is 3.21. The minimum absolute atomic E-state index is 0.0248. The van der Waals surface area contributed by atoms with Crippen molar-refractivity contribution in [1.82, 2.24) is 25.1 Å². The van der Waals surface area contributed by atoms with Crippen LogP contribution >= 0.6 is 0 Å². The summed E-state index contributed by atoms with van der Waals surface area (Å²) in [6, 6.07) is 6.55. The van der Waals surface area contributed by atoms with Gasteiger partial charge in [0.25, 0.3) is 0 Å². The third kappa shape index (κ3) is 3.98. The van der Waals surface area contributed by atoms with Gasteiger partial charge in [-0.3, -0.25) is 0 Å². The van der Waals surface area contributed by atoms with E-state index in [1.165, 1.54) is 11.1 Å². The minimum atomic E-state index is -0.586. The number of anilines is 1. The van der Waals surface area contributed by atoms with Crippen LogP contribution in [-0.2, 0) is 4.74 Å². The summed E-state index contributed by atoms with van der Waals surface area (Å²) in [4.78, 5) is 11.6. The molecule has 1 unspecified atom stereocenters. The number of piperidine rings is 1. The molecule has 2 N–H and O–H groups in total. The van der Waals surface area contributed by atoms with Gasteiger partial charge in [0.05, 0.1) is 31.5 Å². The maximum absolute atomic E-state index is 9.75. The molecule has 1 aromatic carbocycles. The molecule has 2 aliphatic heterocycles. The fourth-order valence-corrected chi connectivity index (χ4v) is 4.99. The molecule has 5 rings (SSSR count). The van der Waals surface area contributed by atoms with Gasteiger partial charge in [0, 0.05) is 18.0 Å². The van der Waals surface area contributed by atoms with Crippen molar-refractivity contribution < 1.29 is 9.84 Å². The summed E-state index contributed by atoms with van der Waals surface area (Å²) < 4.78 is 7.72. The van der Waals surface area contributed by atoms with Gasteiger partial charge in [-0.15, -0.1) is 0 Å². The normalized spacial score (nSPS) is 22.6. The van der Waals surface area contributed by atoms with Gasteiger partial charge in [0.15, 0.2) is 5.82 Å². The Morgan fingerprint density at radius 3 is 2.72 bits per heavy atom. The van der Waals surface area contributed by atoms with E-state index in [0.29, 0.717) is 24.9 Å². The summed E-state index contributed by atoms with van der Waals surface area (Å²) in [6.07, 6.45) is 4.25. The molecule has 0 bridgehead atoms. The van der Waals surface area contributed by atoms with E-state index in [4.69, 9.17) is 14.8 Å². The van der Waals surface area contributed by atoms with E-state index < -0.39 is 5.60 Å². The predicted octanol–water partition coefficient (Wildman–Crippen LogP) is 2.49. The van der Waals surface area contributed by atoms with Crippen LogP contribution in [0.1, 0.15) is 42.6 Å². The first-order valence-electron chi connectivity index (χ1n) is 11.5. The molecule has 2 aliphatic rings. The van der Waals surface area contributed by atoms with Gasteiger partial charge >= 0.3 is 0 Å². The number of aromatic nitrogens is 4. The number of nitrogens with one attached hydrogen (secondary N) is 1. The van der Waals surface area contributed by atoms with Crippen molar-refractivity contribution >= 4 is 16.7 Å². The second kappa shape index (κ2) is 8.42. The highest BCUT2D eigenvalue weighted by Crippen LogP contribution is 2.32. The maximum Gasteiger partial charge on any atom is 0.159 e. The van der Waals surface area contributed by atoms with Crippen molar-refractivity contribution in [2.45, 2.75) is 45.1 Å². The quantitative estimate of drug-likeness (QED) is 0.650. The van der Waals surface area contributed by atoms with Gasteiger partial charge in [0.1, 0.15) is 17.2 Å². The number of aliphatic hydroxyl groups is 1. The first kappa shape index (κ1) is 21.3. The molecule has 2 saturated heterocycles. The standard InChI is InChI=1S/C24H32N6O2/c1-16-10-19-13-26-30(21(19)11-20(16)18-4-6-25-7-5-18)23-12-22(27-17(2)28-23)29-8-9-32-24(3,14-29)15-31/h10-13,18,25,31H,4-9,14-15H2,1-3H3. The highest BCUT2D eigenvalue weighted by atomic mass is 16.5. The number of fused-ring (bicyclic) bond motifs is 1. The lowest BCUT2D eigenvalue weighted by Crippen LogP contribution is -2.52. The third-order valence-corrected chi connectivity index (χ3v) is 6.76. The zero-order chi connectivity index (χ0) is 22.3. The molecule has 3 aromatic rings. The van der Waals surface area contributed by atoms with Crippen LogP contribution in [0.2, 0.25) is 0 Å². The number of hydrogen-bond acceptors (Lipinski definition) is 7. The molecule has 2 fully saturated rings. The smallest absolute Gasteiger partial charge is 0.159 e. The van der Waals surface area contributed by atoms with Gasteiger partial charge in [-0.2, -0.15) is 5.10 Å². The number of hydrogen-bond donors (Lipinski definition) is 2. The Morgan fingerprint density at radius 1 is 1.16 bits per heavy atom. The number of aliphatic hydroxyl groups excluding tert-OH is 1.